The van der Waals surface area contributed by atoms with Crippen LogP contribution in [0.25, 0.3) is 0 Å². The van der Waals surface area contributed by atoms with Crippen molar-refractivity contribution < 1.29 is 4.79 Å². The number of nitrogens with zero attached hydrogens (tertiary/aromatic N) is 1. The quantitative estimate of drug-likeness (QED) is 0.524. The van der Waals surface area contributed by atoms with Gasteiger partial charge in [-0.3, -0.25) is 0 Å². The van der Waals surface area contributed by atoms with Crippen LogP contribution >= 0.6 is 11.6 Å². The molecule has 1 saturated carbocycles. The van der Waals surface area contributed by atoms with Crippen LogP contribution in [0.4, 0.5) is 0 Å². The Balaban J connectivity index is 2.16. The zero-order valence-electron chi connectivity index (χ0n) is 6.90. The van der Waals surface area contributed by atoms with Gasteiger partial charge in [-0.1, -0.05) is 23.7 Å². The summed E-state index contributed by atoms with van der Waals surface area (Å²) < 4.78 is 0. The highest BCUT2D eigenvalue weighted by molar-refractivity contribution is 6.30. The van der Waals surface area contributed by atoms with Crippen LogP contribution in [0.1, 0.15) is 17.9 Å². The highest BCUT2D eigenvalue weighted by Crippen LogP contribution is 2.43. The van der Waals surface area contributed by atoms with Crippen LogP contribution in [0.15, 0.2) is 29.3 Å². The Morgan fingerprint density at radius 2 is 2.38 bits per heavy atom. The van der Waals surface area contributed by atoms with Crippen molar-refractivity contribution in [1.82, 2.24) is 0 Å². The molecule has 0 bridgehead atoms. The van der Waals surface area contributed by atoms with Gasteiger partial charge in [0, 0.05) is 10.9 Å². The van der Waals surface area contributed by atoms with Crippen LogP contribution in [0, 0.1) is 0 Å². The Labute approximate surface area is 81.2 Å². The average Bonchev–Trinajstić information content (AvgIpc) is 2.85. The van der Waals surface area contributed by atoms with Crippen molar-refractivity contribution in [2.45, 2.75) is 18.4 Å². The van der Waals surface area contributed by atoms with Crippen molar-refractivity contribution in [2.24, 2.45) is 4.99 Å². The van der Waals surface area contributed by atoms with Gasteiger partial charge >= 0.3 is 0 Å². The molecule has 2 rings (SSSR count). The maximum absolute atomic E-state index is 9.98. The lowest BCUT2D eigenvalue weighted by molar-refractivity contribution is 0.562. The van der Waals surface area contributed by atoms with E-state index in [2.05, 4.69) is 4.99 Å². The SMILES string of the molecule is O=C=N[C@H]1C[C@@H]1c1cccc(Cl)c1. The standard InChI is InChI=1S/C10H8ClNO/c11-8-3-1-2-7(4-8)9-5-10(9)12-6-13/h1-4,9-10H,5H2/t9-,10+/m1/s1. The Kier molecular flexibility index (Phi) is 2.17. The predicted octanol–water partition coefficient (Wildman–Crippen LogP) is 2.53. The molecular weight excluding hydrogens is 186 g/mol. The van der Waals surface area contributed by atoms with Crippen LogP contribution in [0.3, 0.4) is 0 Å². The van der Waals surface area contributed by atoms with Crippen molar-refractivity contribution in [3.63, 3.8) is 0 Å². The summed E-state index contributed by atoms with van der Waals surface area (Å²) in [7, 11) is 0. The average molecular weight is 194 g/mol. The highest BCUT2D eigenvalue weighted by atomic mass is 35.5. The van der Waals surface area contributed by atoms with E-state index in [9.17, 15) is 4.79 Å². The van der Waals surface area contributed by atoms with E-state index in [-0.39, 0.29) is 6.04 Å². The summed E-state index contributed by atoms with van der Waals surface area (Å²) in [5.74, 6) is 0.375. The molecule has 0 unspecified atom stereocenters. The number of isocyanates is 1. The second-order valence-electron chi connectivity index (χ2n) is 3.18. The first kappa shape index (κ1) is 8.49. The van der Waals surface area contributed by atoms with Gasteiger partial charge in [0.05, 0.1) is 6.04 Å². The van der Waals surface area contributed by atoms with Crippen molar-refractivity contribution in [3.05, 3.63) is 34.9 Å². The molecule has 0 heterocycles. The van der Waals surface area contributed by atoms with Crippen molar-refractivity contribution in [3.8, 4) is 0 Å². The first-order valence-electron chi connectivity index (χ1n) is 4.13. The van der Waals surface area contributed by atoms with Gasteiger partial charge in [-0.15, -0.1) is 0 Å². The number of hydrogen-bond acceptors (Lipinski definition) is 2. The summed E-state index contributed by atoms with van der Waals surface area (Å²) in [6.45, 7) is 0. The van der Waals surface area contributed by atoms with E-state index >= 15 is 0 Å². The smallest absolute Gasteiger partial charge is 0.211 e. The molecule has 1 aromatic carbocycles. The molecule has 0 N–H and O–H groups in total. The molecule has 0 radical (unpaired) electrons. The Morgan fingerprint density at radius 3 is 3.08 bits per heavy atom. The van der Waals surface area contributed by atoms with Crippen molar-refractivity contribution >= 4 is 17.7 Å². The largest absolute Gasteiger partial charge is 0.235 e. The minimum atomic E-state index is 0.135. The third-order valence-electron chi connectivity index (χ3n) is 2.25. The number of halogens is 1. The van der Waals surface area contributed by atoms with Gasteiger partial charge in [-0.2, -0.15) is 0 Å². The van der Waals surface area contributed by atoms with Crippen LogP contribution in [-0.2, 0) is 4.79 Å². The molecule has 1 aromatic rings. The number of carbonyl (C=O) groups excluding carboxylic acids is 1. The second kappa shape index (κ2) is 3.33. The molecule has 2 nitrogen and oxygen atoms in total. The summed E-state index contributed by atoms with van der Waals surface area (Å²) in [5, 5.41) is 0.734. The fraction of sp³-hybridized carbons (Fsp3) is 0.300. The molecule has 1 fully saturated rings. The van der Waals surface area contributed by atoms with Gasteiger partial charge < -0.3 is 0 Å². The van der Waals surface area contributed by atoms with E-state index in [4.69, 9.17) is 11.6 Å². The lowest BCUT2D eigenvalue weighted by Gasteiger charge is -1.97. The lowest BCUT2D eigenvalue weighted by atomic mass is 10.1. The molecule has 0 spiro atoms. The first-order chi connectivity index (χ1) is 6.31. The number of aliphatic imine (C=N–C) groups is 1. The van der Waals surface area contributed by atoms with E-state index in [1.54, 1.807) is 6.08 Å². The number of rotatable bonds is 2. The molecule has 0 aromatic heterocycles. The van der Waals surface area contributed by atoms with E-state index in [0.29, 0.717) is 5.92 Å². The molecule has 1 aliphatic rings. The van der Waals surface area contributed by atoms with Crippen molar-refractivity contribution in [1.29, 1.82) is 0 Å². The van der Waals surface area contributed by atoms with Gasteiger partial charge in [-0.05, 0) is 24.1 Å². The molecule has 2 atom stereocenters. The van der Waals surface area contributed by atoms with Gasteiger partial charge in [0.25, 0.3) is 0 Å². The summed E-state index contributed by atoms with van der Waals surface area (Å²) in [6, 6.07) is 7.82. The summed E-state index contributed by atoms with van der Waals surface area (Å²) in [6.07, 6.45) is 2.53. The van der Waals surface area contributed by atoms with Gasteiger partial charge in [0.15, 0.2) is 0 Å². The highest BCUT2D eigenvalue weighted by Gasteiger charge is 2.38. The van der Waals surface area contributed by atoms with E-state index in [0.717, 1.165) is 17.0 Å². The van der Waals surface area contributed by atoms with Crippen LogP contribution in [0.2, 0.25) is 5.02 Å². The maximum atomic E-state index is 9.98. The molecule has 3 heteroatoms. The fourth-order valence-electron chi connectivity index (χ4n) is 1.49. The number of hydrogen-bond donors (Lipinski definition) is 0. The van der Waals surface area contributed by atoms with Crippen LogP contribution in [0.5, 0.6) is 0 Å². The zero-order valence-corrected chi connectivity index (χ0v) is 7.66. The Hall–Kier alpha value is -1.11. The Morgan fingerprint density at radius 1 is 1.54 bits per heavy atom. The minimum Gasteiger partial charge on any atom is -0.211 e. The topological polar surface area (TPSA) is 29.4 Å². The van der Waals surface area contributed by atoms with Crippen molar-refractivity contribution in [2.75, 3.05) is 0 Å². The second-order valence-corrected chi connectivity index (χ2v) is 3.62. The molecule has 0 amide bonds. The zero-order chi connectivity index (χ0) is 9.26. The summed E-state index contributed by atoms with van der Waals surface area (Å²) in [4.78, 5) is 13.7. The third-order valence-corrected chi connectivity index (χ3v) is 2.49. The molecular formula is C10H8ClNO. The fourth-order valence-corrected chi connectivity index (χ4v) is 1.69. The molecule has 66 valence electrons. The first-order valence-corrected chi connectivity index (χ1v) is 4.51. The third kappa shape index (κ3) is 1.80. The summed E-state index contributed by atoms with van der Waals surface area (Å²) >= 11 is 5.83. The van der Waals surface area contributed by atoms with Crippen LogP contribution in [-0.4, -0.2) is 12.1 Å². The predicted molar refractivity (Wildman–Crippen MR) is 50.7 cm³/mol. The molecule has 0 saturated heterocycles. The number of benzene rings is 1. The van der Waals surface area contributed by atoms with Gasteiger partial charge in [0.2, 0.25) is 6.08 Å². The minimum absolute atomic E-state index is 0.135. The van der Waals surface area contributed by atoms with E-state index < -0.39 is 0 Å². The van der Waals surface area contributed by atoms with E-state index in [1.807, 2.05) is 24.3 Å². The monoisotopic (exact) mass is 193 g/mol. The molecule has 13 heavy (non-hydrogen) atoms. The van der Waals surface area contributed by atoms with Gasteiger partial charge in [-0.25, -0.2) is 9.79 Å². The Bertz CT molecular complexity index is 371. The van der Waals surface area contributed by atoms with Gasteiger partial charge in [0.1, 0.15) is 0 Å². The normalized spacial score (nSPS) is 25.0. The molecule has 1 aliphatic carbocycles. The molecule has 0 aliphatic heterocycles. The van der Waals surface area contributed by atoms with E-state index in [1.165, 1.54) is 0 Å². The van der Waals surface area contributed by atoms with Crippen LogP contribution < -0.4 is 0 Å². The lowest BCUT2D eigenvalue weighted by Crippen LogP contribution is -1.83. The summed E-state index contributed by atoms with van der Waals surface area (Å²) in [5.41, 5.74) is 1.16. The maximum Gasteiger partial charge on any atom is 0.235 e.